The molecule has 0 unspecified atom stereocenters. The van der Waals surface area contributed by atoms with Crippen LogP contribution in [0.25, 0.3) is 0 Å². The molecule has 2 aromatic rings. The summed E-state index contributed by atoms with van der Waals surface area (Å²) in [7, 11) is 5.44. The van der Waals surface area contributed by atoms with Crippen molar-refractivity contribution >= 4 is 23.5 Å². The summed E-state index contributed by atoms with van der Waals surface area (Å²) >= 11 is 7.69. The van der Waals surface area contributed by atoms with E-state index in [4.69, 9.17) is 21.1 Å². The van der Waals surface area contributed by atoms with Gasteiger partial charge in [0.05, 0.1) is 14.2 Å². The van der Waals surface area contributed by atoms with E-state index in [0.29, 0.717) is 0 Å². The van der Waals surface area contributed by atoms with Crippen molar-refractivity contribution in [3.8, 4) is 11.5 Å². The molecule has 6 heteroatoms. The lowest BCUT2D eigenvalue weighted by Gasteiger charge is -2.18. The quantitative estimate of drug-likeness (QED) is 0.493. The maximum atomic E-state index is 5.89. The third kappa shape index (κ3) is 6.78. The topological polar surface area (TPSA) is 33.7 Å². The van der Waals surface area contributed by atoms with Crippen LogP contribution in [0.2, 0.25) is 5.02 Å². The van der Waals surface area contributed by atoms with Gasteiger partial charge in [-0.1, -0.05) is 41.7 Å². The molecule has 0 radical (unpaired) electrons. The molecule has 0 fully saturated rings. The molecule has 0 bridgehead atoms. The third-order valence-electron chi connectivity index (χ3n) is 3.72. The predicted molar refractivity (Wildman–Crippen MR) is 107 cm³/mol. The predicted octanol–water partition coefficient (Wildman–Crippen LogP) is 4.23. The molecule has 136 valence electrons. The van der Waals surface area contributed by atoms with Gasteiger partial charge in [-0.05, 0) is 30.8 Å². The van der Waals surface area contributed by atoms with Crippen molar-refractivity contribution in [2.45, 2.75) is 13.1 Å². The first-order chi connectivity index (χ1) is 12.1. The number of rotatable bonds is 10. The molecular formula is C19H25ClN2O2S. The molecule has 0 aliphatic rings. The van der Waals surface area contributed by atoms with Crippen molar-refractivity contribution in [2.75, 3.05) is 33.6 Å². The summed E-state index contributed by atoms with van der Waals surface area (Å²) in [4.78, 5) is 0. The Kier molecular flexibility index (Phi) is 8.41. The fourth-order valence-electron chi connectivity index (χ4n) is 2.38. The zero-order valence-corrected chi connectivity index (χ0v) is 16.5. The number of hydrogen-bond acceptors (Lipinski definition) is 5. The van der Waals surface area contributed by atoms with E-state index in [1.54, 1.807) is 26.2 Å². The van der Waals surface area contributed by atoms with Gasteiger partial charge in [0.2, 0.25) is 0 Å². The normalized spacial score (nSPS) is 10.9. The zero-order valence-electron chi connectivity index (χ0n) is 14.9. The fourth-order valence-corrected chi connectivity index (χ4v) is 3.28. The van der Waals surface area contributed by atoms with Crippen molar-refractivity contribution in [3.63, 3.8) is 0 Å². The van der Waals surface area contributed by atoms with E-state index in [1.165, 1.54) is 5.56 Å². The van der Waals surface area contributed by atoms with Crippen LogP contribution in [-0.2, 0) is 13.1 Å². The molecule has 0 aromatic heterocycles. The second-order valence-corrected chi connectivity index (χ2v) is 7.33. The minimum absolute atomic E-state index is 0.773. The molecular weight excluding hydrogens is 356 g/mol. The Morgan fingerprint density at radius 2 is 1.84 bits per heavy atom. The summed E-state index contributed by atoms with van der Waals surface area (Å²) in [5.41, 5.74) is 2.39. The van der Waals surface area contributed by atoms with Gasteiger partial charge in [0, 0.05) is 42.0 Å². The van der Waals surface area contributed by atoms with Gasteiger partial charge in [0.25, 0.3) is 0 Å². The lowest BCUT2D eigenvalue weighted by atomic mass is 10.2. The van der Waals surface area contributed by atoms with Crippen LogP contribution in [-0.4, -0.2) is 37.9 Å². The number of hydrogen-bond donors (Lipinski definition) is 1. The maximum absolute atomic E-state index is 5.89. The largest absolute Gasteiger partial charge is 0.497 e. The third-order valence-corrected chi connectivity index (χ3v) is 4.93. The maximum Gasteiger partial charge on any atom is 0.127 e. The number of halogens is 1. The van der Waals surface area contributed by atoms with Crippen LogP contribution in [0.4, 0.5) is 0 Å². The highest BCUT2D eigenvalue weighted by Gasteiger charge is 2.08. The molecule has 0 atom stereocenters. The number of nitrogens with one attached hydrogen (secondary N) is 1. The van der Waals surface area contributed by atoms with Crippen LogP contribution in [0.15, 0.2) is 42.5 Å². The summed E-state index contributed by atoms with van der Waals surface area (Å²) in [5, 5.41) is 4.22. The van der Waals surface area contributed by atoms with Gasteiger partial charge in [-0.15, -0.1) is 0 Å². The average Bonchev–Trinajstić information content (AvgIpc) is 2.63. The molecule has 1 N–H and O–H groups in total. The molecule has 25 heavy (non-hydrogen) atoms. The Labute approximate surface area is 159 Å². The number of benzene rings is 2. The van der Waals surface area contributed by atoms with Crippen LogP contribution < -0.4 is 14.8 Å². The summed E-state index contributed by atoms with van der Waals surface area (Å²) in [6, 6.07) is 13.9. The molecule has 0 aliphatic carbocycles. The summed E-state index contributed by atoms with van der Waals surface area (Å²) in [6.07, 6.45) is 0. The highest BCUT2D eigenvalue weighted by molar-refractivity contribution is 7.96. The van der Waals surface area contributed by atoms with Gasteiger partial charge in [-0.25, -0.2) is 4.31 Å². The van der Waals surface area contributed by atoms with Gasteiger partial charge in [0.15, 0.2) is 0 Å². The van der Waals surface area contributed by atoms with Crippen molar-refractivity contribution in [1.29, 1.82) is 0 Å². The van der Waals surface area contributed by atoms with Crippen LogP contribution in [0.5, 0.6) is 11.5 Å². The Morgan fingerprint density at radius 3 is 2.52 bits per heavy atom. The molecule has 0 spiro atoms. The van der Waals surface area contributed by atoms with E-state index < -0.39 is 0 Å². The van der Waals surface area contributed by atoms with Crippen LogP contribution >= 0.6 is 23.5 Å². The number of nitrogens with zero attached hydrogens (tertiary/aromatic N) is 1. The Morgan fingerprint density at radius 1 is 1.08 bits per heavy atom. The van der Waals surface area contributed by atoms with E-state index in [0.717, 1.165) is 47.5 Å². The molecule has 4 nitrogen and oxygen atoms in total. The van der Waals surface area contributed by atoms with E-state index >= 15 is 0 Å². The first kappa shape index (κ1) is 19.9. The SMILES string of the molecule is COc1ccc(CN(C)SCCNCc2ccc(Cl)cc2)c(OC)c1. The van der Waals surface area contributed by atoms with Crippen LogP contribution in [0.3, 0.4) is 0 Å². The first-order valence-electron chi connectivity index (χ1n) is 8.12. The van der Waals surface area contributed by atoms with E-state index in [-0.39, 0.29) is 0 Å². The highest BCUT2D eigenvalue weighted by atomic mass is 35.5. The molecule has 0 saturated carbocycles. The van der Waals surface area contributed by atoms with Crippen molar-refractivity contribution < 1.29 is 9.47 Å². The number of ether oxygens (including phenoxy) is 2. The molecule has 0 aliphatic heterocycles. The monoisotopic (exact) mass is 380 g/mol. The molecule has 2 rings (SSSR count). The van der Waals surface area contributed by atoms with Crippen molar-refractivity contribution in [2.24, 2.45) is 0 Å². The fraction of sp³-hybridized carbons (Fsp3) is 0.368. The molecule has 0 heterocycles. The average molecular weight is 381 g/mol. The smallest absolute Gasteiger partial charge is 0.127 e. The van der Waals surface area contributed by atoms with Gasteiger partial charge < -0.3 is 14.8 Å². The first-order valence-corrected chi connectivity index (χ1v) is 9.44. The minimum atomic E-state index is 0.773. The van der Waals surface area contributed by atoms with Crippen LogP contribution in [0.1, 0.15) is 11.1 Å². The van der Waals surface area contributed by atoms with Gasteiger partial charge in [-0.2, -0.15) is 0 Å². The Hall–Kier alpha value is -1.40. The zero-order chi connectivity index (χ0) is 18.1. The summed E-state index contributed by atoms with van der Waals surface area (Å²) in [6.45, 7) is 2.61. The molecule has 0 amide bonds. The summed E-state index contributed by atoms with van der Waals surface area (Å²) in [5.74, 6) is 2.66. The van der Waals surface area contributed by atoms with Crippen molar-refractivity contribution in [3.05, 3.63) is 58.6 Å². The standard InChI is InChI=1S/C19H25ClN2O2S/c1-22(14-16-6-9-18(23-2)12-19(16)24-3)25-11-10-21-13-15-4-7-17(20)8-5-15/h4-9,12,21H,10-11,13-14H2,1-3H3. The Balaban J connectivity index is 1.70. The van der Waals surface area contributed by atoms with Gasteiger partial charge in [-0.3, -0.25) is 0 Å². The van der Waals surface area contributed by atoms with Crippen molar-refractivity contribution in [1.82, 2.24) is 9.62 Å². The molecule has 2 aromatic carbocycles. The summed E-state index contributed by atoms with van der Waals surface area (Å²) < 4.78 is 12.9. The van der Waals surface area contributed by atoms with Gasteiger partial charge in [0.1, 0.15) is 11.5 Å². The molecule has 0 saturated heterocycles. The van der Waals surface area contributed by atoms with Gasteiger partial charge >= 0.3 is 0 Å². The second-order valence-electron chi connectivity index (χ2n) is 5.60. The lowest BCUT2D eigenvalue weighted by molar-refractivity contribution is 0.387. The van der Waals surface area contributed by atoms with E-state index in [9.17, 15) is 0 Å². The van der Waals surface area contributed by atoms with Crippen LogP contribution in [0, 0.1) is 0 Å². The van der Waals surface area contributed by atoms with E-state index in [1.807, 2.05) is 42.5 Å². The minimum Gasteiger partial charge on any atom is -0.497 e. The number of methoxy groups -OCH3 is 2. The highest BCUT2D eigenvalue weighted by Crippen LogP contribution is 2.26. The Bertz CT molecular complexity index is 652. The lowest BCUT2D eigenvalue weighted by Crippen LogP contribution is -2.19. The second kappa shape index (κ2) is 10.6. The van der Waals surface area contributed by atoms with E-state index in [2.05, 4.69) is 16.7 Å².